The van der Waals surface area contributed by atoms with Crippen LogP contribution in [0.2, 0.25) is 0 Å². The average molecular weight is 154 g/mol. The summed E-state index contributed by atoms with van der Waals surface area (Å²) in [6, 6.07) is 9.16. The second kappa shape index (κ2) is 3.86. The molecule has 0 unspecified atom stereocenters. The van der Waals surface area contributed by atoms with Crippen LogP contribution in [0.25, 0.3) is 0 Å². The van der Waals surface area contributed by atoms with Crippen LogP contribution in [0.5, 0.6) is 0 Å². The lowest BCUT2D eigenvalue weighted by molar-refractivity contribution is 0.418. The molecule has 1 aromatic rings. The zero-order valence-corrected chi connectivity index (χ0v) is 5.93. The van der Waals surface area contributed by atoms with Gasteiger partial charge in [0.15, 0.2) is 0 Å². The number of allylic oxidation sites excluding steroid dienone is 1. The van der Waals surface area contributed by atoms with Crippen LogP contribution in [0, 0.1) is 0 Å². The molecule has 0 aliphatic carbocycles. The van der Waals surface area contributed by atoms with Gasteiger partial charge in [-0.2, -0.15) is 8.78 Å². The summed E-state index contributed by atoms with van der Waals surface area (Å²) in [5.41, 5.74) is 0.903. The minimum absolute atomic E-state index is 0.309. The summed E-state index contributed by atoms with van der Waals surface area (Å²) in [5, 5.41) is 0. The fourth-order valence-electron chi connectivity index (χ4n) is 0.809. The minimum Gasteiger partial charge on any atom is -0.174 e. The number of benzene rings is 1. The van der Waals surface area contributed by atoms with Gasteiger partial charge in [-0.15, -0.1) is 0 Å². The molecule has 0 radical (unpaired) electrons. The van der Waals surface area contributed by atoms with E-state index in [-0.39, 0.29) is 0 Å². The Bertz CT molecular complexity index is 235. The minimum atomic E-state index is -1.62. The smallest absolute Gasteiger partial charge is 0.174 e. The van der Waals surface area contributed by atoms with Crippen LogP contribution in [-0.2, 0) is 6.42 Å². The Labute approximate surface area is 64.2 Å². The third-order valence-electron chi connectivity index (χ3n) is 1.33. The van der Waals surface area contributed by atoms with Crippen LogP contribution in [0.4, 0.5) is 8.78 Å². The standard InChI is InChI=1S/C9H8F2/c10-9(11)7-6-8-4-2-1-3-5-8/h1-5,7H,6H2. The molecule has 0 amide bonds. The van der Waals surface area contributed by atoms with Crippen molar-refractivity contribution in [2.24, 2.45) is 0 Å². The van der Waals surface area contributed by atoms with Crippen molar-refractivity contribution < 1.29 is 8.78 Å². The maximum atomic E-state index is 11.6. The molecule has 2 heteroatoms. The van der Waals surface area contributed by atoms with E-state index in [4.69, 9.17) is 0 Å². The lowest BCUT2D eigenvalue weighted by atomic mass is 10.2. The van der Waals surface area contributed by atoms with E-state index >= 15 is 0 Å². The lowest BCUT2D eigenvalue weighted by Crippen LogP contribution is -1.78. The van der Waals surface area contributed by atoms with E-state index in [1.54, 1.807) is 0 Å². The van der Waals surface area contributed by atoms with Gasteiger partial charge in [0.1, 0.15) is 0 Å². The van der Waals surface area contributed by atoms with Gasteiger partial charge in [0, 0.05) is 0 Å². The second-order valence-electron chi connectivity index (χ2n) is 2.18. The first-order valence-corrected chi connectivity index (χ1v) is 3.34. The number of rotatable bonds is 2. The first-order valence-electron chi connectivity index (χ1n) is 3.34. The molecule has 0 aliphatic rings. The third kappa shape index (κ3) is 2.94. The summed E-state index contributed by atoms with van der Waals surface area (Å²) in [6.45, 7) is 0. The zero-order valence-electron chi connectivity index (χ0n) is 5.93. The average Bonchev–Trinajstić information content (AvgIpc) is 2.03. The molecule has 0 atom stereocenters. The highest BCUT2D eigenvalue weighted by Crippen LogP contribution is 2.04. The fourth-order valence-corrected chi connectivity index (χ4v) is 0.809. The topological polar surface area (TPSA) is 0 Å². The predicted molar refractivity (Wildman–Crippen MR) is 40.4 cm³/mol. The first-order chi connectivity index (χ1) is 5.29. The highest BCUT2D eigenvalue weighted by atomic mass is 19.3. The van der Waals surface area contributed by atoms with Crippen LogP contribution >= 0.6 is 0 Å². The van der Waals surface area contributed by atoms with E-state index in [1.165, 1.54) is 0 Å². The van der Waals surface area contributed by atoms with Gasteiger partial charge in [-0.05, 0) is 18.1 Å². The van der Waals surface area contributed by atoms with Gasteiger partial charge < -0.3 is 0 Å². The molecule has 0 spiro atoms. The van der Waals surface area contributed by atoms with Crippen LogP contribution in [-0.4, -0.2) is 0 Å². The molecule has 0 heterocycles. The molecule has 1 aromatic carbocycles. The van der Waals surface area contributed by atoms with E-state index in [2.05, 4.69) is 0 Å². The largest absolute Gasteiger partial charge is 0.266 e. The summed E-state index contributed by atoms with van der Waals surface area (Å²) in [7, 11) is 0. The van der Waals surface area contributed by atoms with E-state index in [9.17, 15) is 8.78 Å². The molecule has 1 rings (SSSR count). The molecular weight excluding hydrogens is 146 g/mol. The summed E-state index contributed by atoms with van der Waals surface area (Å²) in [4.78, 5) is 0. The summed E-state index contributed by atoms with van der Waals surface area (Å²) < 4.78 is 23.2. The summed E-state index contributed by atoms with van der Waals surface area (Å²) in [5.74, 6) is 0. The van der Waals surface area contributed by atoms with Crippen molar-refractivity contribution >= 4 is 0 Å². The SMILES string of the molecule is FC(F)=CCc1ccccc1. The van der Waals surface area contributed by atoms with Crippen molar-refractivity contribution in [3.05, 3.63) is 48.1 Å². The molecule has 11 heavy (non-hydrogen) atoms. The van der Waals surface area contributed by atoms with Crippen LogP contribution in [0.3, 0.4) is 0 Å². The van der Waals surface area contributed by atoms with Crippen molar-refractivity contribution in [3.8, 4) is 0 Å². The Morgan fingerprint density at radius 1 is 1.18 bits per heavy atom. The number of hydrogen-bond acceptors (Lipinski definition) is 0. The van der Waals surface area contributed by atoms with E-state index in [0.29, 0.717) is 6.42 Å². The Morgan fingerprint density at radius 2 is 1.82 bits per heavy atom. The zero-order chi connectivity index (χ0) is 8.10. The summed E-state index contributed by atoms with van der Waals surface area (Å²) >= 11 is 0. The van der Waals surface area contributed by atoms with Crippen LogP contribution in [0.15, 0.2) is 42.5 Å². The Morgan fingerprint density at radius 3 is 2.36 bits per heavy atom. The third-order valence-corrected chi connectivity index (χ3v) is 1.33. The Kier molecular flexibility index (Phi) is 2.78. The van der Waals surface area contributed by atoms with Gasteiger partial charge in [-0.1, -0.05) is 30.3 Å². The maximum absolute atomic E-state index is 11.6. The highest BCUT2D eigenvalue weighted by Gasteiger charge is 1.89. The van der Waals surface area contributed by atoms with E-state index < -0.39 is 6.08 Å². The molecule has 0 fully saturated rings. The molecule has 58 valence electrons. The van der Waals surface area contributed by atoms with E-state index in [1.807, 2.05) is 30.3 Å². The van der Waals surface area contributed by atoms with Crippen LogP contribution < -0.4 is 0 Å². The monoisotopic (exact) mass is 154 g/mol. The molecule has 0 saturated heterocycles. The number of hydrogen-bond donors (Lipinski definition) is 0. The maximum Gasteiger partial charge on any atom is 0.266 e. The van der Waals surface area contributed by atoms with Crippen molar-refractivity contribution in [3.63, 3.8) is 0 Å². The van der Waals surface area contributed by atoms with E-state index in [0.717, 1.165) is 11.6 Å². The molecule has 0 aliphatic heterocycles. The first kappa shape index (κ1) is 7.92. The van der Waals surface area contributed by atoms with Gasteiger partial charge in [0.25, 0.3) is 6.08 Å². The van der Waals surface area contributed by atoms with Crippen molar-refractivity contribution in [1.29, 1.82) is 0 Å². The Hall–Kier alpha value is -1.18. The summed E-state index contributed by atoms with van der Waals surface area (Å²) in [6.07, 6.45) is -0.396. The molecule has 0 bridgehead atoms. The molecule has 0 N–H and O–H groups in total. The number of halogens is 2. The van der Waals surface area contributed by atoms with Gasteiger partial charge in [-0.25, -0.2) is 0 Å². The van der Waals surface area contributed by atoms with Crippen molar-refractivity contribution in [2.75, 3.05) is 0 Å². The molecule has 0 nitrogen and oxygen atoms in total. The molecule has 0 aromatic heterocycles. The predicted octanol–water partition coefficient (Wildman–Crippen LogP) is 3.01. The second-order valence-corrected chi connectivity index (χ2v) is 2.18. The van der Waals surface area contributed by atoms with Gasteiger partial charge >= 0.3 is 0 Å². The van der Waals surface area contributed by atoms with Gasteiger partial charge in [-0.3, -0.25) is 0 Å². The normalized spacial score (nSPS) is 9.27. The molecule has 0 saturated carbocycles. The molecular formula is C9H8F2. The van der Waals surface area contributed by atoms with Gasteiger partial charge in [0.05, 0.1) is 0 Å². The fraction of sp³-hybridized carbons (Fsp3) is 0.111. The van der Waals surface area contributed by atoms with Crippen LogP contribution in [0.1, 0.15) is 5.56 Å². The van der Waals surface area contributed by atoms with Crippen molar-refractivity contribution in [1.82, 2.24) is 0 Å². The van der Waals surface area contributed by atoms with Gasteiger partial charge in [0.2, 0.25) is 0 Å². The highest BCUT2D eigenvalue weighted by molar-refractivity contribution is 5.17. The Balaban J connectivity index is 2.59. The quantitative estimate of drug-likeness (QED) is 0.614. The van der Waals surface area contributed by atoms with Crippen molar-refractivity contribution in [2.45, 2.75) is 6.42 Å². The lowest BCUT2D eigenvalue weighted by Gasteiger charge is -1.92.